The van der Waals surface area contributed by atoms with Crippen molar-refractivity contribution in [2.45, 2.75) is 11.3 Å². The van der Waals surface area contributed by atoms with Crippen molar-refractivity contribution in [2.75, 3.05) is 5.75 Å². The van der Waals surface area contributed by atoms with Crippen LogP contribution in [0.1, 0.15) is 5.56 Å². The van der Waals surface area contributed by atoms with Gasteiger partial charge in [0.2, 0.25) is 0 Å². The van der Waals surface area contributed by atoms with Crippen molar-refractivity contribution in [3.05, 3.63) is 75.0 Å². The van der Waals surface area contributed by atoms with Crippen molar-refractivity contribution < 1.29 is 4.55 Å². The van der Waals surface area contributed by atoms with Crippen LogP contribution in [-0.2, 0) is 17.6 Å². The third-order valence-electron chi connectivity index (χ3n) is 4.03. The average Bonchev–Trinajstić information content (AvgIpc) is 2.73. The molecule has 3 aromatic rings. The summed E-state index contributed by atoms with van der Waals surface area (Å²) < 4.78 is 14.8. The predicted octanol–water partition coefficient (Wildman–Crippen LogP) is 3.33. The monoisotopic (exact) mass is 400 g/mol. The number of benzene rings is 2. The maximum absolute atomic E-state index is 12.5. The summed E-state index contributed by atoms with van der Waals surface area (Å²) in [5.74, 6) is 0.507. The number of hydrogen-bond donors (Lipinski definition) is 0. The topological polar surface area (TPSA) is 58.0 Å². The Morgan fingerprint density at radius 2 is 1.88 bits per heavy atom. The van der Waals surface area contributed by atoms with E-state index < -0.39 is 11.2 Å². The highest BCUT2D eigenvalue weighted by Crippen LogP contribution is 2.32. The van der Waals surface area contributed by atoms with Crippen LogP contribution in [0.25, 0.3) is 16.9 Å². The lowest BCUT2D eigenvalue weighted by molar-refractivity contribution is 0.595. The first-order chi connectivity index (χ1) is 11.6. The van der Waals surface area contributed by atoms with Crippen molar-refractivity contribution >= 4 is 27.1 Å². The van der Waals surface area contributed by atoms with E-state index in [1.165, 1.54) is 4.68 Å². The van der Waals surface area contributed by atoms with Gasteiger partial charge >= 0.3 is 0 Å². The summed E-state index contributed by atoms with van der Waals surface area (Å²) in [6.45, 7) is 0. The first kappa shape index (κ1) is 15.6. The lowest BCUT2D eigenvalue weighted by Crippen LogP contribution is -2.22. The van der Waals surface area contributed by atoms with E-state index in [-0.39, 0.29) is 5.56 Å². The van der Waals surface area contributed by atoms with E-state index in [2.05, 4.69) is 21.0 Å². The molecule has 0 fully saturated rings. The van der Waals surface area contributed by atoms with Crippen molar-refractivity contribution in [3.8, 4) is 16.9 Å². The van der Waals surface area contributed by atoms with Gasteiger partial charge in [-0.05, 0) is 53.1 Å². The predicted molar refractivity (Wildman–Crippen MR) is 97.9 cm³/mol. The van der Waals surface area contributed by atoms with Gasteiger partial charge in [-0.2, -0.15) is 9.78 Å². The molecular formula is C18H13BrN2O2S. The number of aromatic nitrogens is 2. The summed E-state index contributed by atoms with van der Waals surface area (Å²) in [7, 11) is 0. The smallest absolute Gasteiger partial charge is 0.271 e. The van der Waals surface area contributed by atoms with E-state index >= 15 is 0 Å². The molecule has 0 bridgehead atoms. The molecular weight excluding hydrogens is 388 g/mol. The highest BCUT2D eigenvalue weighted by molar-refractivity contribution is 9.10. The molecule has 6 heteroatoms. The second-order valence-electron chi connectivity index (χ2n) is 5.54. The van der Waals surface area contributed by atoms with Crippen LogP contribution in [0.2, 0.25) is 0 Å². The second kappa shape index (κ2) is 6.20. The van der Waals surface area contributed by atoms with Crippen LogP contribution in [0.3, 0.4) is 0 Å². The molecule has 4 nitrogen and oxygen atoms in total. The van der Waals surface area contributed by atoms with Crippen LogP contribution >= 0.6 is 15.9 Å². The number of hydrogen-bond acceptors (Lipinski definition) is 3. The number of halogens is 1. The minimum absolute atomic E-state index is 0.179. The van der Waals surface area contributed by atoms with Gasteiger partial charge in [-0.1, -0.05) is 28.1 Å². The van der Waals surface area contributed by atoms with Gasteiger partial charge in [0, 0.05) is 17.0 Å². The summed E-state index contributed by atoms with van der Waals surface area (Å²) in [5.41, 5.74) is 2.95. The summed E-state index contributed by atoms with van der Waals surface area (Å²) in [6.07, 6.45) is 0.583. The standard InChI is InChI=1S/C18H13BrN2O2S/c19-13-5-7-14(8-6-13)21-17(22)11-12-9-10-24(23)16-4-2-1-3-15(16)18(12)20-21/h1-8,11H,9-10H2. The molecule has 1 aliphatic rings. The molecule has 0 saturated heterocycles. The molecule has 2 aromatic carbocycles. The Bertz CT molecular complexity index is 969. The molecule has 0 saturated carbocycles. The fourth-order valence-electron chi connectivity index (χ4n) is 2.85. The third kappa shape index (κ3) is 2.70. The summed E-state index contributed by atoms with van der Waals surface area (Å²) in [4.78, 5) is 13.3. The molecule has 1 aliphatic heterocycles. The molecule has 2 heterocycles. The van der Waals surface area contributed by atoms with E-state index in [1.54, 1.807) is 6.07 Å². The average molecular weight is 401 g/mol. The fraction of sp³-hybridized carbons (Fsp3) is 0.111. The van der Waals surface area contributed by atoms with Crippen molar-refractivity contribution in [3.63, 3.8) is 0 Å². The SMILES string of the molecule is O=c1cc2c(nn1-c1ccc(Br)cc1)-c1ccccc1[S+]([O-])CC2. The quantitative estimate of drug-likeness (QED) is 0.588. The minimum Gasteiger partial charge on any atom is -0.611 e. The Morgan fingerprint density at radius 3 is 2.67 bits per heavy atom. The molecule has 0 spiro atoms. The molecule has 0 amide bonds. The molecule has 4 rings (SSSR count). The van der Waals surface area contributed by atoms with Gasteiger partial charge in [-0.15, -0.1) is 0 Å². The number of nitrogens with zero attached hydrogens (tertiary/aromatic N) is 2. The van der Waals surface area contributed by atoms with E-state index in [0.29, 0.717) is 17.9 Å². The first-order valence-electron chi connectivity index (χ1n) is 7.50. The van der Waals surface area contributed by atoms with Gasteiger partial charge < -0.3 is 4.55 Å². The summed E-state index contributed by atoms with van der Waals surface area (Å²) in [5, 5.41) is 4.60. The van der Waals surface area contributed by atoms with Crippen molar-refractivity contribution in [2.24, 2.45) is 0 Å². The molecule has 0 radical (unpaired) electrons. The van der Waals surface area contributed by atoms with Crippen LogP contribution in [0.15, 0.2) is 68.8 Å². The maximum atomic E-state index is 12.5. The van der Waals surface area contributed by atoms with Gasteiger partial charge in [0.05, 0.1) is 16.9 Å². The zero-order valence-corrected chi connectivity index (χ0v) is 15.0. The normalized spacial score (nSPS) is 16.2. The highest BCUT2D eigenvalue weighted by Gasteiger charge is 2.25. The van der Waals surface area contributed by atoms with Crippen LogP contribution in [0, 0.1) is 0 Å². The first-order valence-corrected chi connectivity index (χ1v) is 9.61. The molecule has 1 atom stereocenters. The Hall–Kier alpha value is -1.89. The minimum atomic E-state index is -1.08. The zero-order valence-electron chi connectivity index (χ0n) is 12.6. The van der Waals surface area contributed by atoms with Crippen molar-refractivity contribution in [1.29, 1.82) is 0 Å². The molecule has 0 N–H and O–H groups in total. The third-order valence-corrected chi connectivity index (χ3v) is 5.98. The molecule has 0 aliphatic carbocycles. The van der Waals surface area contributed by atoms with Gasteiger partial charge in [0.25, 0.3) is 5.56 Å². The summed E-state index contributed by atoms with van der Waals surface area (Å²) >= 11 is 2.32. The van der Waals surface area contributed by atoms with Crippen LogP contribution < -0.4 is 5.56 Å². The van der Waals surface area contributed by atoms with E-state index in [1.807, 2.05) is 48.5 Å². The second-order valence-corrected chi connectivity index (χ2v) is 8.00. The van der Waals surface area contributed by atoms with Crippen LogP contribution in [0.4, 0.5) is 0 Å². The van der Waals surface area contributed by atoms with E-state index in [4.69, 9.17) is 0 Å². The van der Waals surface area contributed by atoms with Gasteiger partial charge in [-0.25, -0.2) is 0 Å². The van der Waals surface area contributed by atoms with E-state index in [9.17, 15) is 9.35 Å². The van der Waals surface area contributed by atoms with Crippen LogP contribution in [-0.4, -0.2) is 20.1 Å². The molecule has 24 heavy (non-hydrogen) atoms. The lowest BCUT2D eigenvalue weighted by Gasteiger charge is -2.11. The zero-order chi connectivity index (χ0) is 16.7. The highest BCUT2D eigenvalue weighted by atomic mass is 79.9. The largest absolute Gasteiger partial charge is 0.611 e. The lowest BCUT2D eigenvalue weighted by atomic mass is 10.1. The summed E-state index contributed by atoms with van der Waals surface area (Å²) in [6, 6.07) is 16.6. The fourth-order valence-corrected chi connectivity index (χ4v) is 4.38. The Balaban J connectivity index is 1.96. The Labute approximate surface area is 150 Å². The number of rotatable bonds is 1. The van der Waals surface area contributed by atoms with Crippen LogP contribution in [0.5, 0.6) is 0 Å². The number of fused-ring (bicyclic) bond motifs is 3. The van der Waals surface area contributed by atoms with Gasteiger partial charge in [-0.3, -0.25) is 4.79 Å². The molecule has 1 unspecified atom stereocenters. The maximum Gasteiger partial charge on any atom is 0.271 e. The Morgan fingerprint density at radius 1 is 1.12 bits per heavy atom. The van der Waals surface area contributed by atoms with Crippen molar-refractivity contribution in [1.82, 2.24) is 9.78 Å². The van der Waals surface area contributed by atoms with Gasteiger partial charge in [0.1, 0.15) is 5.75 Å². The van der Waals surface area contributed by atoms with Gasteiger partial charge in [0.15, 0.2) is 4.90 Å². The molecule has 1 aromatic heterocycles. The Kier molecular flexibility index (Phi) is 4.04. The number of aryl methyl sites for hydroxylation is 1. The molecule has 120 valence electrons. The van der Waals surface area contributed by atoms with E-state index in [0.717, 1.165) is 26.2 Å².